The van der Waals surface area contributed by atoms with E-state index in [0.717, 1.165) is 7.11 Å². The number of nitrogens with two attached hydrogens (primary N) is 1. The second kappa shape index (κ2) is 6.84. The Hall–Kier alpha value is -3.49. The highest BCUT2D eigenvalue weighted by Gasteiger charge is 2.36. The summed E-state index contributed by atoms with van der Waals surface area (Å²) in [5, 5.41) is 3.03. The number of hydrogen-bond donors (Lipinski definition) is 2. The Balaban J connectivity index is 2.04. The maximum Gasteiger partial charge on any atom is 0.298 e. The van der Waals surface area contributed by atoms with Gasteiger partial charge in [-0.25, -0.2) is 0 Å². The van der Waals surface area contributed by atoms with E-state index < -0.39 is 21.7 Å². The summed E-state index contributed by atoms with van der Waals surface area (Å²) in [6.45, 7) is 0. The molecule has 0 bridgehead atoms. The minimum absolute atomic E-state index is 0.0325. The zero-order chi connectivity index (χ0) is 20.8. The van der Waals surface area contributed by atoms with E-state index in [9.17, 15) is 18.0 Å². The van der Waals surface area contributed by atoms with Gasteiger partial charge in [0, 0.05) is 16.8 Å². The Morgan fingerprint density at radius 3 is 2.00 bits per heavy atom. The van der Waals surface area contributed by atoms with Crippen LogP contribution in [0.25, 0.3) is 0 Å². The summed E-state index contributed by atoms with van der Waals surface area (Å²) in [5.74, 6) is -0.932. The lowest BCUT2D eigenvalue weighted by Gasteiger charge is -2.24. The number of benzene rings is 3. The van der Waals surface area contributed by atoms with Crippen molar-refractivity contribution in [3.63, 3.8) is 0 Å². The number of carbonyl (C=O) groups excluding carboxylic acids is 2. The Bertz CT molecular complexity index is 1270. The first-order valence-electron chi connectivity index (χ1n) is 8.62. The SMILES string of the molecule is COS(=O)(=O)c1cc(Nc2ccccc2)c2c(c1N)C(=O)c1ccccc1C2=O. The van der Waals surface area contributed by atoms with Crippen molar-refractivity contribution in [1.29, 1.82) is 0 Å². The number of ketones is 2. The second-order valence-corrected chi connectivity index (χ2v) is 8.08. The average Bonchev–Trinajstić information content (AvgIpc) is 2.73. The van der Waals surface area contributed by atoms with Crippen molar-refractivity contribution < 1.29 is 22.2 Å². The smallest absolute Gasteiger partial charge is 0.298 e. The standard InChI is InChI=1S/C21H16N2O5S/c1-28-29(26,27)16-11-15(23-12-7-3-2-4-8-12)17-18(19(16)22)21(25)14-10-6-5-9-13(14)20(17)24/h2-11,23H,22H2,1H3. The van der Waals surface area contributed by atoms with Crippen LogP contribution >= 0.6 is 0 Å². The number of anilines is 3. The molecule has 3 N–H and O–H groups in total. The highest BCUT2D eigenvalue weighted by atomic mass is 32.2. The van der Waals surface area contributed by atoms with Gasteiger partial charge < -0.3 is 11.1 Å². The quantitative estimate of drug-likeness (QED) is 0.394. The molecule has 8 heteroatoms. The fraction of sp³-hybridized carbons (Fsp3) is 0.0476. The molecule has 0 fully saturated rings. The zero-order valence-electron chi connectivity index (χ0n) is 15.3. The van der Waals surface area contributed by atoms with Crippen molar-refractivity contribution in [1.82, 2.24) is 0 Å². The molecule has 0 saturated carbocycles. The van der Waals surface area contributed by atoms with E-state index in [2.05, 4.69) is 9.50 Å². The topological polar surface area (TPSA) is 116 Å². The molecule has 7 nitrogen and oxygen atoms in total. The highest BCUT2D eigenvalue weighted by Crippen LogP contribution is 2.40. The number of fused-ring (bicyclic) bond motifs is 2. The number of rotatable bonds is 4. The van der Waals surface area contributed by atoms with E-state index in [4.69, 9.17) is 5.73 Å². The van der Waals surface area contributed by atoms with Gasteiger partial charge in [-0.1, -0.05) is 42.5 Å². The number of nitrogen functional groups attached to an aromatic ring is 1. The highest BCUT2D eigenvalue weighted by molar-refractivity contribution is 7.87. The largest absolute Gasteiger partial charge is 0.397 e. The molecule has 0 unspecified atom stereocenters. The van der Waals surface area contributed by atoms with Crippen molar-refractivity contribution in [2.45, 2.75) is 4.90 Å². The van der Waals surface area contributed by atoms with Crippen molar-refractivity contribution in [2.75, 3.05) is 18.2 Å². The molecule has 146 valence electrons. The van der Waals surface area contributed by atoms with Crippen LogP contribution in [0.3, 0.4) is 0 Å². The van der Waals surface area contributed by atoms with Gasteiger partial charge in [0.1, 0.15) is 4.90 Å². The molecule has 0 amide bonds. The molecule has 1 aliphatic rings. The van der Waals surface area contributed by atoms with Gasteiger partial charge in [0.15, 0.2) is 11.6 Å². The minimum Gasteiger partial charge on any atom is -0.397 e. The molecular formula is C21H16N2O5S. The summed E-state index contributed by atoms with van der Waals surface area (Å²) in [6, 6.07) is 16.4. The molecule has 0 saturated heterocycles. The molecule has 29 heavy (non-hydrogen) atoms. The first-order valence-corrected chi connectivity index (χ1v) is 10.0. The third-order valence-corrected chi connectivity index (χ3v) is 6.06. The number of nitrogens with one attached hydrogen (secondary N) is 1. The van der Waals surface area contributed by atoms with Gasteiger partial charge in [-0.15, -0.1) is 0 Å². The monoisotopic (exact) mass is 408 g/mol. The van der Waals surface area contributed by atoms with Crippen LogP contribution in [0.5, 0.6) is 0 Å². The lowest BCUT2D eigenvalue weighted by atomic mass is 9.82. The van der Waals surface area contributed by atoms with Crippen LogP contribution < -0.4 is 11.1 Å². The Morgan fingerprint density at radius 1 is 0.862 bits per heavy atom. The van der Waals surface area contributed by atoms with E-state index in [1.807, 2.05) is 6.07 Å². The summed E-state index contributed by atoms with van der Waals surface area (Å²) in [6.07, 6.45) is 0. The van der Waals surface area contributed by atoms with Gasteiger partial charge in [-0.3, -0.25) is 13.8 Å². The van der Waals surface area contributed by atoms with Crippen LogP contribution in [0.1, 0.15) is 31.8 Å². The van der Waals surface area contributed by atoms with E-state index in [1.54, 1.807) is 42.5 Å². The summed E-state index contributed by atoms with van der Waals surface area (Å²) in [4.78, 5) is 26.0. The van der Waals surface area contributed by atoms with Gasteiger partial charge >= 0.3 is 0 Å². The van der Waals surface area contributed by atoms with Crippen molar-refractivity contribution in [2.24, 2.45) is 0 Å². The van der Waals surface area contributed by atoms with Gasteiger partial charge in [0.25, 0.3) is 10.1 Å². The lowest BCUT2D eigenvalue weighted by Crippen LogP contribution is -2.25. The third-order valence-electron chi connectivity index (χ3n) is 4.74. The predicted molar refractivity (Wildman–Crippen MR) is 108 cm³/mol. The second-order valence-electron chi connectivity index (χ2n) is 6.40. The first-order chi connectivity index (χ1) is 13.8. The van der Waals surface area contributed by atoms with E-state index in [-0.39, 0.29) is 38.5 Å². The van der Waals surface area contributed by atoms with Crippen molar-refractivity contribution in [3.05, 3.63) is 82.9 Å². The third kappa shape index (κ3) is 2.98. The molecular weight excluding hydrogens is 392 g/mol. The zero-order valence-corrected chi connectivity index (χ0v) is 16.1. The molecule has 3 aromatic carbocycles. The van der Waals surface area contributed by atoms with E-state index in [1.165, 1.54) is 12.1 Å². The maximum absolute atomic E-state index is 13.2. The van der Waals surface area contributed by atoms with Crippen molar-refractivity contribution >= 4 is 38.7 Å². The number of para-hydroxylation sites is 1. The number of hydrogen-bond acceptors (Lipinski definition) is 7. The predicted octanol–water partition coefficient (Wildman–Crippen LogP) is 3.12. The van der Waals surface area contributed by atoms with Crippen LogP contribution in [0.4, 0.5) is 17.1 Å². The summed E-state index contributed by atoms with van der Waals surface area (Å²) in [5.41, 5.74) is 6.83. The minimum atomic E-state index is -4.22. The molecule has 0 aliphatic heterocycles. The van der Waals surface area contributed by atoms with E-state index >= 15 is 0 Å². The Morgan fingerprint density at radius 2 is 1.41 bits per heavy atom. The Labute approximate surface area is 167 Å². The number of carbonyl (C=O) groups is 2. The molecule has 4 rings (SSSR count). The molecule has 1 aliphatic carbocycles. The summed E-state index contributed by atoms with van der Waals surface area (Å²) >= 11 is 0. The lowest BCUT2D eigenvalue weighted by molar-refractivity contribution is 0.0980. The van der Waals surface area contributed by atoms with Crippen LogP contribution in [0.2, 0.25) is 0 Å². The van der Waals surface area contributed by atoms with E-state index in [0.29, 0.717) is 5.69 Å². The van der Waals surface area contributed by atoms with Crippen LogP contribution in [0, 0.1) is 0 Å². The van der Waals surface area contributed by atoms with Crippen LogP contribution in [-0.2, 0) is 14.3 Å². The molecule has 0 heterocycles. The first kappa shape index (κ1) is 18.9. The molecule has 0 aromatic heterocycles. The van der Waals surface area contributed by atoms with Crippen molar-refractivity contribution in [3.8, 4) is 0 Å². The Kier molecular flexibility index (Phi) is 4.45. The average molecular weight is 408 g/mol. The van der Waals surface area contributed by atoms with Gasteiger partial charge in [0.05, 0.1) is 29.6 Å². The molecule has 0 spiro atoms. The fourth-order valence-corrected chi connectivity index (χ4v) is 4.18. The van der Waals surface area contributed by atoms with Gasteiger partial charge in [0.2, 0.25) is 0 Å². The van der Waals surface area contributed by atoms with Crippen LogP contribution in [-0.4, -0.2) is 27.1 Å². The molecule has 3 aromatic rings. The van der Waals surface area contributed by atoms with Crippen LogP contribution in [0.15, 0.2) is 65.6 Å². The maximum atomic E-state index is 13.2. The molecule has 0 radical (unpaired) electrons. The fourth-order valence-electron chi connectivity index (χ4n) is 3.37. The van der Waals surface area contributed by atoms with Gasteiger partial charge in [-0.05, 0) is 18.2 Å². The summed E-state index contributed by atoms with van der Waals surface area (Å²) < 4.78 is 29.4. The van der Waals surface area contributed by atoms with Gasteiger partial charge in [-0.2, -0.15) is 8.42 Å². The molecule has 0 atom stereocenters. The summed E-state index contributed by atoms with van der Waals surface area (Å²) in [7, 11) is -3.22. The normalized spacial score (nSPS) is 13.0.